The van der Waals surface area contributed by atoms with Crippen LogP contribution in [0.15, 0.2) is 0 Å². The van der Waals surface area contributed by atoms with Gasteiger partial charge in [0.25, 0.3) is 0 Å². The third kappa shape index (κ3) is 5.17. The predicted octanol–water partition coefficient (Wildman–Crippen LogP) is -0.965. The Balaban J connectivity index is 2.18. The molecule has 0 bridgehead atoms. The minimum Gasteiger partial charge on any atom is -0.394 e. The quantitative estimate of drug-likeness (QED) is 0.431. The van der Waals surface area contributed by atoms with E-state index in [1.54, 1.807) is 13.8 Å². The first kappa shape index (κ1) is 22.9. The van der Waals surface area contributed by atoms with Gasteiger partial charge in [-0.1, -0.05) is 6.92 Å². The molecule has 2 rings (SSSR count). The van der Waals surface area contributed by atoms with Gasteiger partial charge in [0.2, 0.25) is 0 Å². The van der Waals surface area contributed by atoms with Crippen LogP contribution in [0.5, 0.6) is 0 Å². The van der Waals surface area contributed by atoms with Gasteiger partial charge in [-0.15, -0.1) is 0 Å². The number of hydrogen-bond donors (Lipinski definition) is 4. The van der Waals surface area contributed by atoms with Crippen molar-refractivity contribution in [3.63, 3.8) is 0 Å². The molecular weight excluding hydrogens is 360 g/mol. The van der Waals surface area contributed by atoms with E-state index in [1.807, 2.05) is 13.8 Å². The minimum atomic E-state index is -1.29. The van der Waals surface area contributed by atoms with Crippen LogP contribution < -0.4 is 0 Å². The highest BCUT2D eigenvalue weighted by atomic mass is 16.7. The van der Waals surface area contributed by atoms with Gasteiger partial charge in [-0.05, 0) is 20.8 Å². The number of aliphatic hydroxyl groups is 4. The lowest BCUT2D eigenvalue weighted by Crippen LogP contribution is -2.63. The normalized spacial score (nSPS) is 46.0. The van der Waals surface area contributed by atoms with Crippen LogP contribution in [0.4, 0.5) is 0 Å². The molecule has 0 aliphatic carbocycles. The maximum atomic E-state index is 10.7. The molecule has 0 spiro atoms. The van der Waals surface area contributed by atoms with Crippen molar-refractivity contribution in [3.05, 3.63) is 0 Å². The van der Waals surface area contributed by atoms with E-state index >= 15 is 0 Å². The van der Waals surface area contributed by atoms with Crippen molar-refractivity contribution in [2.45, 2.75) is 88.9 Å². The molecule has 9 heteroatoms. The van der Waals surface area contributed by atoms with Crippen LogP contribution >= 0.6 is 0 Å². The summed E-state index contributed by atoms with van der Waals surface area (Å²) in [4.78, 5) is 0. The van der Waals surface area contributed by atoms with E-state index in [-0.39, 0.29) is 31.3 Å². The Morgan fingerprint density at radius 3 is 2.15 bits per heavy atom. The van der Waals surface area contributed by atoms with E-state index in [1.165, 1.54) is 7.11 Å². The second kappa shape index (κ2) is 9.91. The highest BCUT2D eigenvalue weighted by Crippen LogP contribution is 2.32. The minimum absolute atomic E-state index is 0.0757. The summed E-state index contributed by atoms with van der Waals surface area (Å²) < 4.78 is 28.0. The zero-order valence-electron chi connectivity index (χ0n) is 16.6. The molecule has 27 heavy (non-hydrogen) atoms. The molecule has 2 heterocycles. The first-order valence-corrected chi connectivity index (χ1v) is 9.47. The van der Waals surface area contributed by atoms with E-state index in [4.69, 9.17) is 23.7 Å². The fourth-order valence-corrected chi connectivity index (χ4v) is 3.54. The number of rotatable bonds is 7. The van der Waals surface area contributed by atoms with Gasteiger partial charge in [-0.3, -0.25) is 0 Å². The molecule has 0 amide bonds. The Hall–Kier alpha value is -0.360. The fourth-order valence-electron chi connectivity index (χ4n) is 3.54. The second-order valence-corrected chi connectivity index (χ2v) is 7.64. The van der Waals surface area contributed by atoms with Crippen molar-refractivity contribution in [1.29, 1.82) is 0 Å². The van der Waals surface area contributed by atoms with Crippen LogP contribution in [0.3, 0.4) is 0 Å². The predicted molar refractivity (Wildman–Crippen MR) is 94.0 cm³/mol. The van der Waals surface area contributed by atoms with Gasteiger partial charge >= 0.3 is 0 Å². The SMILES string of the molecule is COCC1O[C@@H](O[C@@H]2C(CO)O[C@@H](C)C(C)[C@H]2O)C(O)[C@@H](OC(C)C)[C@H]1O. The molecule has 2 aliphatic rings. The molecule has 4 N–H and O–H groups in total. The summed E-state index contributed by atoms with van der Waals surface area (Å²) >= 11 is 0. The first-order valence-electron chi connectivity index (χ1n) is 9.47. The summed E-state index contributed by atoms with van der Waals surface area (Å²) in [5.41, 5.74) is 0. The van der Waals surface area contributed by atoms with Crippen molar-refractivity contribution in [2.24, 2.45) is 5.92 Å². The van der Waals surface area contributed by atoms with Crippen LogP contribution in [0.25, 0.3) is 0 Å². The summed E-state index contributed by atoms with van der Waals surface area (Å²) in [7, 11) is 1.47. The number of hydrogen-bond acceptors (Lipinski definition) is 9. The molecule has 9 nitrogen and oxygen atoms in total. The molecule has 4 unspecified atom stereocenters. The van der Waals surface area contributed by atoms with Crippen molar-refractivity contribution in [1.82, 2.24) is 0 Å². The Labute approximate surface area is 160 Å². The average Bonchev–Trinajstić information content (AvgIpc) is 2.62. The maximum absolute atomic E-state index is 10.7. The summed E-state index contributed by atoms with van der Waals surface area (Å²) in [6.07, 6.45) is -8.40. The zero-order chi connectivity index (χ0) is 20.3. The van der Waals surface area contributed by atoms with Crippen molar-refractivity contribution in [3.8, 4) is 0 Å². The van der Waals surface area contributed by atoms with Crippen LogP contribution in [0.2, 0.25) is 0 Å². The van der Waals surface area contributed by atoms with E-state index in [9.17, 15) is 20.4 Å². The van der Waals surface area contributed by atoms with Crippen LogP contribution in [-0.2, 0) is 23.7 Å². The van der Waals surface area contributed by atoms with Gasteiger partial charge in [-0.2, -0.15) is 0 Å². The summed E-state index contributed by atoms with van der Waals surface area (Å²) in [5, 5.41) is 41.4. The fraction of sp³-hybridized carbons (Fsp3) is 1.00. The third-order valence-electron chi connectivity index (χ3n) is 5.24. The Morgan fingerprint density at radius 1 is 0.926 bits per heavy atom. The molecule has 2 aliphatic heterocycles. The van der Waals surface area contributed by atoms with Gasteiger partial charge in [0.05, 0.1) is 31.5 Å². The smallest absolute Gasteiger partial charge is 0.187 e. The Kier molecular flexibility index (Phi) is 8.41. The summed E-state index contributed by atoms with van der Waals surface area (Å²) in [6.45, 7) is 6.94. The van der Waals surface area contributed by atoms with Crippen molar-refractivity contribution in [2.75, 3.05) is 20.3 Å². The highest BCUT2D eigenvalue weighted by molar-refractivity contribution is 4.94. The Bertz CT molecular complexity index is 447. The van der Waals surface area contributed by atoms with E-state index in [0.29, 0.717) is 0 Å². The van der Waals surface area contributed by atoms with Crippen molar-refractivity contribution < 1.29 is 44.1 Å². The number of ether oxygens (including phenoxy) is 5. The van der Waals surface area contributed by atoms with Crippen LogP contribution in [0, 0.1) is 5.92 Å². The van der Waals surface area contributed by atoms with E-state index in [2.05, 4.69) is 0 Å². The highest BCUT2D eigenvalue weighted by Gasteiger charge is 2.50. The Morgan fingerprint density at radius 2 is 1.59 bits per heavy atom. The monoisotopic (exact) mass is 394 g/mol. The molecular formula is C18H34O9. The molecule has 0 aromatic rings. The summed E-state index contributed by atoms with van der Waals surface area (Å²) in [5.74, 6) is -0.235. The maximum Gasteiger partial charge on any atom is 0.187 e. The molecule has 2 saturated heterocycles. The van der Waals surface area contributed by atoms with Gasteiger partial charge < -0.3 is 44.1 Å². The van der Waals surface area contributed by atoms with Crippen LogP contribution in [0.1, 0.15) is 27.7 Å². The number of methoxy groups -OCH3 is 1. The molecule has 0 aromatic carbocycles. The third-order valence-corrected chi connectivity index (χ3v) is 5.24. The van der Waals surface area contributed by atoms with Gasteiger partial charge in [0.15, 0.2) is 6.29 Å². The second-order valence-electron chi connectivity index (χ2n) is 7.64. The lowest BCUT2D eigenvalue weighted by atomic mass is 9.88. The van der Waals surface area contributed by atoms with E-state index in [0.717, 1.165) is 0 Å². The molecule has 160 valence electrons. The standard InChI is InChI=1S/C18H34O9/c1-8(2)24-17-14(21)12(7-23-5)26-18(15(17)22)27-16-11(6-19)25-10(4)9(3)13(16)20/h8-22H,6-7H2,1-5H3/t9?,10-,11?,12?,13+,14-,15?,16+,17-,18-/m0/s1. The largest absolute Gasteiger partial charge is 0.394 e. The zero-order valence-corrected chi connectivity index (χ0v) is 16.6. The van der Waals surface area contributed by atoms with Crippen molar-refractivity contribution >= 4 is 0 Å². The molecule has 2 fully saturated rings. The van der Waals surface area contributed by atoms with Gasteiger partial charge in [0.1, 0.15) is 36.6 Å². The number of aliphatic hydroxyl groups excluding tert-OH is 4. The molecule has 0 saturated carbocycles. The van der Waals surface area contributed by atoms with Gasteiger partial charge in [-0.25, -0.2) is 0 Å². The van der Waals surface area contributed by atoms with Gasteiger partial charge in [0, 0.05) is 13.0 Å². The summed E-state index contributed by atoms with van der Waals surface area (Å²) in [6, 6.07) is 0. The average molecular weight is 394 g/mol. The molecule has 0 aromatic heterocycles. The van der Waals surface area contributed by atoms with Crippen LogP contribution in [-0.4, -0.2) is 102 Å². The topological polar surface area (TPSA) is 127 Å². The lowest BCUT2D eigenvalue weighted by molar-refractivity contribution is -0.344. The molecule has 0 radical (unpaired) electrons. The van der Waals surface area contributed by atoms with E-state index < -0.39 is 49.0 Å². The lowest BCUT2D eigenvalue weighted by Gasteiger charge is -2.47. The molecule has 10 atom stereocenters. The first-order chi connectivity index (χ1) is 12.7.